The molecule has 7 rings (SSSR count). The molecule has 1 atom stereocenters. The Balaban J connectivity index is 1.38. The van der Waals surface area contributed by atoms with Gasteiger partial charge in [-0.15, -0.1) is 11.3 Å². The maximum atomic E-state index is 15.2. The van der Waals surface area contributed by atoms with E-state index in [-0.39, 0.29) is 30.2 Å². The maximum absolute atomic E-state index is 15.2. The predicted octanol–water partition coefficient (Wildman–Crippen LogP) is 5.76. The topological polar surface area (TPSA) is 148 Å². The molecule has 0 amide bonds. The van der Waals surface area contributed by atoms with E-state index in [1.54, 1.807) is 46.2 Å². The van der Waals surface area contributed by atoms with Crippen LogP contribution >= 0.6 is 11.3 Å². The number of carbonyl (C=O) groups is 1. The molecule has 0 aliphatic carbocycles. The van der Waals surface area contributed by atoms with Gasteiger partial charge in [0.05, 0.1) is 36.2 Å². The molecule has 0 spiro atoms. The number of methoxy groups -OCH3 is 1. The zero-order valence-corrected chi connectivity index (χ0v) is 34.9. The van der Waals surface area contributed by atoms with Gasteiger partial charge in [0.1, 0.15) is 34.2 Å². The molecule has 12 nitrogen and oxygen atoms in total. The highest BCUT2D eigenvalue weighted by Crippen LogP contribution is 2.42. The van der Waals surface area contributed by atoms with Gasteiger partial charge in [0.2, 0.25) is 5.89 Å². The lowest BCUT2D eigenvalue weighted by Crippen LogP contribution is -2.66. The number of aromatic nitrogens is 4. The largest absolute Gasteiger partial charge is 0.495 e. The maximum Gasteiger partial charge on any atom is 0.333 e. The Morgan fingerprint density at radius 1 is 0.965 bits per heavy atom. The first kappa shape index (κ1) is 40.2. The number of ketones is 1. The number of hydrogen-bond acceptors (Lipinski definition) is 11. The summed E-state index contributed by atoms with van der Waals surface area (Å²) in [4.78, 5) is 67.8. The number of ether oxygens (including phenoxy) is 3. The van der Waals surface area contributed by atoms with E-state index in [1.165, 1.54) is 28.4 Å². The minimum absolute atomic E-state index is 0.0459. The number of fused-ring (bicyclic) bond motifs is 1. The molecular weight excluding hydrogens is 761 g/mol. The van der Waals surface area contributed by atoms with Crippen LogP contribution in [0.15, 0.2) is 105 Å². The Morgan fingerprint density at radius 3 is 2.21 bits per heavy atom. The molecular formula is C43H48N4O8SSi. The van der Waals surface area contributed by atoms with Crippen LogP contribution in [-0.2, 0) is 26.4 Å². The van der Waals surface area contributed by atoms with Crippen LogP contribution in [0.25, 0.3) is 21.0 Å². The fourth-order valence-corrected chi connectivity index (χ4v) is 12.8. The lowest BCUT2D eigenvalue weighted by atomic mass is 9.91. The van der Waals surface area contributed by atoms with Gasteiger partial charge in [0.25, 0.3) is 13.9 Å². The second kappa shape index (κ2) is 16.1. The highest BCUT2D eigenvalue weighted by molar-refractivity contribution is 7.22. The SMILES string of the molecule is COc1cccnc1C(Cn1c(=O)n(C(C)(C)C(=O)CC(C)(C)[Si](O)(c2ccccc2)c2ccccc2)c(=O)c2c(C)c(-c3ncco3)sc21)OC1CCOCC1. The molecule has 1 N–H and O–H groups in total. The molecule has 5 heterocycles. The van der Waals surface area contributed by atoms with Gasteiger partial charge in [-0.3, -0.25) is 19.1 Å². The molecule has 1 saturated heterocycles. The Labute approximate surface area is 335 Å². The zero-order valence-electron chi connectivity index (χ0n) is 33.1. The molecule has 1 aliphatic heterocycles. The molecule has 0 radical (unpaired) electrons. The molecule has 1 fully saturated rings. The van der Waals surface area contributed by atoms with Crippen molar-refractivity contribution in [1.82, 2.24) is 19.1 Å². The van der Waals surface area contributed by atoms with Gasteiger partial charge in [0.15, 0.2) is 5.78 Å². The summed E-state index contributed by atoms with van der Waals surface area (Å²) in [6, 6.07) is 22.4. The average Bonchev–Trinajstić information content (AvgIpc) is 3.87. The Morgan fingerprint density at radius 2 is 1.61 bits per heavy atom. The first-order valence-corrected chi connectivity index (χ1v) is 21.8. The van der Waals surface area contributed by atoms with Crippen molar-refractivity contribution in [3.63, 3.8) is 0 Å². The molecule has 0 bridgehead atoms. The van der Waals surface area contributed by atoms with Crippen molar-refractivity contribution in [2.45, 2.75) is 83.2 Å². The highest BCUT2D eigenvalue weighted by atomic mass is 32.1. The van der Waals surface area contributed by atoms with Gasteiger partial charge in [-0.2, -0.15) is 0 Å². The van der Waals surface area contributed by atoms with E-state index < -0.39 is 36.2 Å². The monoisotopic (exact) mass is 808 g/mol. The zero-order chi connectivity index (χ0) is 40.5. The molecule has 1 unspecified atom stereocenters. The minimum atomic E-state index is -3.63. The first-order valence-electron chi connectivity index (χ1n) is 19.1. The molecule has 298 valence electrons. The summed E-state index contributed by atoms with van der Waals surface area (Å²) < 4.78 is 26.3. The third-order valence-electron chi connectivity index (χ3n) is 11.2. The van der Waals surface area contributed by atoms with E-state index in [9.17, 15) is 14.4 Å². The van der Waals surface area contributed by atoms with Gasteiger partial charge in [-0.25, -0.2) is 14.3 Å². The summed E-state index contributed by atoms with van der Waals surface area (Å²) in [6.07, 6.45) is 4.84. The molecule has 4 aromatic heterocycles. The highest BCUT2D eigenvalue weighted by Gasteiger charge is 2.52. The Kier molecular flexibility index (Phi) is 11.4. The lowest BCUT2D eigenvalue weighted by molar-refractivity contribution is -0.127. The van der Waals surface area contributed by atoms with E-state index in [1.807, 2.05) is 74.5 Å². The van der Waals surface area contributed by atoms with Crippen molar-refractivity contribution < 1.29 is 28.2 Å². The number of Topliss-reactive ketones (excluding diaryl/α,β-unsaturated/α-hetero) is 1. The molecule has 57 heavy (non-hydrogen) atoms. The number of oxazole rings is 1. The van der Waals surface area contributed by atoms with Crippen LogP contribution in [-0.4, -0.2) is 64.4 Å². The van der Waals surface area contributed by atoms with Crippen molar-refractivity contribution in [1.29, 1.82) is 0 Å². The molecule has 6 aromatic rings. The van der Waals surface area contributed by atoms with Crippen LogP contribution in [0, 0.1) is 6.92 Å². The second-order valence-electron chi connectivity index (χ2n) is 15.6. The summed E-state index contributed by atoms with van der Waals surface area (Å²) in [6.45, 7) is 9.80. The van der Waals surface area contributed by atoms with Crippen LogP contribution in [0.2, 0.25) is 5.04 Å². The van der Waals surface area contributed by atoms with Crippen molar-refractivity contribution in [2.24, 2.45) is 0 Å². The van der Waals surface area contributed by atoms with Crippen LogP contribution in [0.3, 0.4) is 0 Å². The van der Waals surface area contributed by atoms with Crippen LogP contribution in [0.5, 0.6) is 5.75 Å². The summed E-state index contributed by atoms with van der Waals surface area (Å²) >= 11 is 1.22. The van der Waals surface area contributed by atoms with Crippen molar-refractivity contribution in [3.8, 4) is 16.5 Å². The van der Waals surface area contributed by atoms with Gasteiger partial charge >= 0.3 is 5.69 Å². The summed E-state index contributed by atoms with van der Waals surface area (Å²) in [7, 11) is -2.08. The smallest absolute Gasteiger partial charge is 0.333 e. The summed E-state index contributed by atoms with van der Waals surface area (Å²) in [5, 5.41) is 0.790. The van der Waals surface area contributed by atoms with E-state index in [4.69, 9.17) is 18.6 Å². The molecule has 2 aromatic carbocycles. The van der Waals surface area contributed by atoms with Gasteiger partial charge < -0.3 is 23.4 Å². The van der Waals surface area contributed by atoms with Crippen molar-refractivity contribution in [3.05, 3.63) is 124 Å². The third kappa shape index (κ3) is 7.36. The van der Waals surface area contributed by atoms with Gasteiger partial charge in [-0.1, -0.05) is 74.5 Å². The van der Waals surface area contributed by atoms with Crippen LogP contribution in [0.4, 0.5) is 0 Å². The lowest BCUT2D eigenvalue weighted by Gasteiger charge is -2.42. The number of benzene rings is 2. The third-order valence-corrected chi connectivity index (χ3v) is 17.0. The average molecular weight is 809 g/mol. The Bertz CT molecular complexity index is 2430. The van der Waals surface area contributed by atoms with E-state index in [0.717, 1.165) is 14.9 Å². The van der Waals surface area contributed by atoms with Crippen LogP contribution in [0.1, 0.15) is 64.3 Å². The fraction of sp³-hybridized carbons (Fsp3) is 0.372. The number of aryl methyl sites for hydroxylation is 1. The van der Waals surface area contributed by atoms with Crippen molar-refractivity contribution in [2.75, 3.05) is 20.3 Å². The van der Waals surface area contributed by atoms with Crippen molar-refractivity contribution >= 4 is 46.0 Å². The summed E-state index contributed by atoms with van der Waals surface area (Å²) in [5.41, 5.74) is -1.88. The van der Waals surface area contributed by atoms with Gasteiger partial charge in [0, 0.05) is 25.8 Å². The Hall–Kier alpha value is -4.99. The van der Waals surface area contributed by atoms with Gasteiger partial charge in [-0.05, 0) is 66.7 Å². The number of carbonyl (C=O) groups excluding carboxylic acids is 1. The molecule has 14 heteroatoms. The minimum Gasteiger partial charge on any atom is -0.495 e. The number of thiophene rings is 1. The van der Waals surface area contributed by atoms with E-state index in [0.29, 0.717) is 58.7 Å². The number of pyridine rings is 1. The predicted molar refractivity (Wildman–Crippen MR) is 222 cm³/mol. The normalized spacial score (nSPS) is 14.9. The number of rotatable bonds is 14. The standard InChI is InChI=1S/C43H48N4O8SSi/c1-28-35-39(49)47(43(4,5)34(48)26-42(2,3)57(51,30-14-9-7-10-15-30)31-16-11-8-12-17-31)41(50)46(40(35)56-37(28)38-45-22-25-54-38)27-33(55-29-19-23-53-24-20-29)36-32(52-6)18-13-21-44-36/h7-18,21-22,25,29,33,51H,19-20,23-24,26-27H2,1-6H3. The summed E-state index contributed by atoms with van der Waals surface area (Å²) in [5.74, 6) is 0.419. The number of nitrogens with zero attached hydrogens (tertiary/aromatic N) is 4. The number of hydrogen-bond donors (Lipinski definition) is 1. The fourth-order valence-electron chi connectivity index (χ4n) is 7.94. The molecule has 1 aliphatic rings. The first-order chi connectivity index (χ1) is 27.3. The molecule has 0 saturated carbocycles. The van der Waals surface area contributed by atoms with Crippen LogP contribution < -0.4 is 26.4 Å². The van der Waals surface area contributed by atoms with E-state index in [2.05, 4.69) is 9.97 Å². The quantitative estimate of drug-likeness (QED) is 0.135. The van der Waals surface area contributed by atoms with E-state index >= 15 is 4.79 Å². The second-order valence-corrected chi connectivity index (χ2v) is 20.5.